The molecule has 0 unspecified atom stereocenters. The fraction of sp³-hybridized carbons (Fsp3) is 0.389. The molecule has 0 radical (unpaired) electrons. The molecule has 2 aromatic rings. The van der Waals surface area contributed by atoms with Crippen LogP contribution in [0.15, 0.2) is 35.0 Å². The average Bonchev–Trinajstić information content (AvgIpc) is 3.04. The van der Waals surface area contributed by atoms with Crippen LogP contribution in [0, 0.1) is 6.92 Å². The number of fused-ring (bicyclic) bond motifs is 1. The predicted octanol–water partition coefficient (Wildman–Crippen LogP) is 3.20. The zero-order chi connectivity index (χ0) is 15.9. The first-order valence-electron chi connectivity index (χ1n) is 8.08. The summed E-state index contributed by atoms with van der Waals surface area (Å²) < 4.78 is 0. The molecule has 0 atom stereocenters. The van der Waals surface area contributed by atoms with Crippen LogP contribution in [0.3, 0.4) is 0 Å². The molecule has 3 heterocycles. The first-order chi connectivity index (χ1) is 11.1. The van der Waals surface area contributed by atoms with Crippen LogP contribution in [0.1, 0.15) is 34.3 Å². The third kappa shape index (κ3) is 2.86. The highest BCUT2D eigenvalue weighted by Gasteiger charge is 2.40. The van der Waals surface area contributed by atoms with Crippen LogP contribution < -0.4 is 10.6 Å². The summed E-state index contributed by atoms with van der Waals surface area (Å²) in [4.78, 5) is 14.9. The number of piperidine rings is 1. The zero-order valence-electron chi connectivity index (χ0n) is 13.3. The average molecular weight is 327 g/mol. The van der Waals surface area contributed by atoms with Gasteiger partial charge in [-0.15, -0.1) is 0 Å². The standard InChI is InChI=1S/C18H21N3OS/c1-13-2-3-16-15(10-13)17(22)20-18(19-16)5-7-21(8-6-18)11-14-4-9-23-12-14/h2-4,9-10,12,19H,5-8,11H2,1H3,(H,20,22). The minimum absolute atomic E-state index is 0.0498. The van der Waals surface area contributed by atoms with E-state index in [1.807, 2.05) is 19.1 Å². The highest BCUT2D eigenvalue weighted by Crippen LogP contribution is 2.32. The molecule has 0 aliphatic carbocycles. The summed E-state index contributed by atoms with van der Waals surface area (Å²) in [6.45, 7) is 5.00. The Morgan fingerprint density at radius 2 is 2.04 bits per heavy atom. The lowest BCUT2D eigenvalue weighted by atomic mass is 9.92. The van der Waals surface area contributed by atoms with Crippen LogP contribution in [0.25, 0.3) is 0 Å². The molecule has 1 aromatic heterocycles. The molecule has 1 aromatic carbocycles. The molecule has 1 amide bonds. The number of likely N-dealkylation sites (tertiary alicyclic amines) is 1. The molecule has 1 fully saturated rings. The number of hydrogen-bond donors (Lipinski definition) is 2. The Balaban J connectivity index is 1.47. The Bertz CT molecular complexity index is 718. The summed E-state index contributed by atoms with van der Waals surface area (Å²) in [5, 5.41) is 11.2. The van der Waals surface area contributed by atoms with E-state index in [-0.39, 0.29) is 11.6 Å². The molecule has 2 aliphatic rings. The number of nitrogens with zero attached hydrogens (tertiary/aromatic N) is 1. The Hall–Kier alpha value is -1.85. The summed E-state index contributed by atoms with van der Waals surface area (Å²) in [5.41, 5.74) is 3.93. The molecule has 120 valence electrons. The number of rotatable bonds is 2. The number of nitrogens with one attached hydrogen (secondary N) is 2. The Kier molecular flexibility index (Phi) is 3.62. The van der Waals surface area contributed by atoms with Gasteiger partial charge in [0.2, 0.25) is 0 Å². The second-order valence-corrected chi connectivity index (χ2v) is 7.40. The van der Waals surface area contributed by atoms with E-state index in [0.29, 0.717) is 0 Å². The number of carbonyl (C=O) groups is 1. The van der Waals surface area contributed by atoms with Crippen molar-refractivity contribution in [2.75, 3.05) is 18.4 Å². The van der Waals surface area contributed by atoms with E-state index in [1.165, 1.54) is 5.56 Å². The summed E-state index contributed by atoms with van der Waals surface area (Å²) >= 11 is 1.75. The third-order valence-electron chi connectivity index (χ3n) is 4.84. The molecule has 2 N–H and O–H groups in total. The van der Waals surface area contributed by atoms with Gasteiger partial charge in [0.25, 0.3) is 5.91 Å². The highest BCUT2D eigenvalue weighted by molar-refractivity contribution is 7.07. The molecule has 4 rings (SSSR count). The lowest BCUT2D eigenvalue weighted by molar-refractivity contribution is 0.0822. The van der Waals surface area contributed by atoms with E-state index < -0.39 is 0 Å². The van der Waals surface area contributed by atoms with Gasteiger partial charge in [-0.05, 0) is 41.4 Å². The van der Waals surface area contributed by atoms with Crippen molar-refractivity contribution in [3.05, 3.63) is 51.7 Å². The van der Waals surface area contributed by atoms with Crippen LogP contribution in [0.2, 0.25) is 0 Å². The van der Waals surface area contributed by atoms with Crippen molar-refractivity contribution < 1.29 is 4.79 Å². The summed E-state index contributed by atoms with van der Waals surface area (Å²) in [6.07, 6.45) is 1.85. The second-order valence-electron chi connectivity index (χ2n) is 6.62. The van der Waals surface area contributed by atoms with Crippen molar-refractivity contribution in [2.45, 2.75) is 32.0 Å². The van der Waals surface area contributed by atoms with Crippen molar-refractivity contribution in [2.24, 2.45) is 0 Å². The molecule has 1 saturated heterocycles. The Morgan fingerprint density at radius 3 is 2.78 bits per heavy atom. The van der Waals surface area contributed by atoms with E-state index in [2.05, 4.69) is 38.4 Å². The monoisotopic (exact) mass is 327 g/mol. The number of benzene rings is 1. The molecule has 2 aliphatic heterocycles. The van der Waals surface area contributed by atoms with Crippen LogP contribution in [-0.4, -0.2) is 29.6 Å². The smallest absolute Gasteiger partial charge is 0.255 e. The summed E-state index contributed by atoms with van der Waals surface area (Å²) in [7, 11) is 0. The van der Waals surface area contributed by atoms with Crippen LogP contribution >= 0.6 is 11.3 Å². The van der Waals surface area contributed by atoms with Gasteiger partial charge in [-0.3, -0.25) is 9.69 Å². The fourth-order valence-corrected chi connectivity index (χ4v) is 4.17. The Labute approximate surface area is 140 Å². The molecule has 0 bridgehead atoms. The lowest BCUT2D eigenvalue weighted by Crippen LogP contribution is -2.62. The number of aryl methyl sites for hydroxylation is 1. The molecule has 4 nitrogen and oxygen atoms in total. The fourth-order valence-electron chi connectivity index (χ4n) is 3.51. The molecule has 23 heavy (non-hydrogen) atoms. The van der Waals surface area contributed by atoms with Crippen LogP contribution in [-0.2, 0) is 6.54 Å². The largest absolute Gasteiger partial charge is 0.362 e. The highest BCUT2D eigenvalue weighted by atomic mass is 32.1. The van der Waals surface area contributed by atoms with Gasteiger partial charge in [0, 0.05) is 38.2 Å². The van der Waals surface area contributed by atoms with E-state index >= 15 is 0 Å². The van der Waals surface area contributed by atoms with Crippen molar-refractivity contribution in [1.29, 1.82) is 0 Å². The maximum Gasteiger partial charge on any atom is 0.255 e. The maximum absolute atomic E-state index is 12.5. The van der Waals surface area contributed by atoms with Crippen molar-refractivity contribution in [1.82, 2.24) is 10.2 Å². The van der Waals surface area contributed by atoms with Gasteiger partial charge in [-0.2, -0.15) is 11.3 Å². The van der Waals surface area contributed by atoms with E-state index in [4.69, 9.17) is 0 Å². The van der Waals surface area contributed by atoms with Gasteiger partial charge in [-0.1, -0.05) is 11.6 Å². The molecular formula is C18H21N3OS. The van der Waals surface area contributed by atoms with Crippen molar-refractivity contribution >= 4 is 22.9 Å². The van der Waals surface area contributed by atoms with Gasteiger partial charge >= 0.3 is 0 Å². The van der Waals surface area contributed by atoms with Gasteiger partial charge in [0.05, 0.1) is 5.56 Å². The quantitative estimate of drug-likeness (QED) is 0.890. The maximum atomic E-state index is 12.5. The first kappa shape index (κ1) is 14.7. The molecule has 0 saturated carbocycles. The summed E-state index contributed by atoms with van der Waals surface area (Å²) in [5.74, 6) is 0.0498. The Morgan fingerprint density at radius 1 is 1.22 bits per heavy atom. The number of carbonyl (C=O) groups excluding carboxylic acids is 1. The SMILES string of the molecule is Cc1ccc2c(c1)C(=O)NC1(CCN(Cc3ccsc3)CC1)N2. The van der Waals surface area contributed by atoms with Gasteiger partial charge in [0.1, 0.15) is 5.66 Å². The number of thiophene rings is 1. The van der Waals surface area contributed by atoms with Crippen molar-refractivity contribution in [3.8, 4) is 0 Å². The van der Waals surface area contributed by atoms with E-state index in [9.17, 15) is 4.79 Å². The molecule has 5 heteroatoms. The number of amides is 1. The van der Waals surface area contributed by atoms with Crippen LogP contribution in [0.4, 0.5) is 5.69 Å². The third-order valence-corrected chi connectivity index (χ3v) is 5.57. The second kappa shape index (κ2) is 5.65. The predicted molar refractivity (Wildman–Crippen MR) is 93.8 cm³/mol. The number of anilines is 1. The normalized spacial score (nSPS) is 20.0. The molecular weight excluding hydrogens is 306 g/mol. The summed E-state index contributed by atoms with van der Waals surface area (Å²) in [6, 6.07) is 8.23. The van der Waals surface area contributed by atoms with Crippen LogP contribution in [0.5, 0.6) is 0 Å². The molecule has 1 spiro atoms. The van der Waals surface area contributed by atoms with Gasteiger partial charge in [-0.25, -0.2) is 0 Å². The minimum Gasteiger partial charge on any atom is -0.362 e. The van der Waals surface area contributed by atoms with Crippen molar-refractivity contribution in [3.63, 3.8) is 0 Å². The van der Waals surface area contributed by atoms with E-state index in [1.54, 1.807) is 11.3 Å². The van der Waals surface area contributed by atoms with Gasteiger partial charge < -0.3 is 10.6 Å². The topological polar surface area (TPSA) is 44.4 Å². The zero-order valence-corrected chi connectivity index (χ0v) is 14.1. The first-order valence-corrected chi connectivity index (χ1v) is 9.03. The van der Waals surface area contributed by atoms with Gasteiger partial charge in [0.15, 0.2) is 0 Å². The minimum atomic E-state index is -0.287. The lowest BCUT2D eigenvalue weighted by Gasteiger charge is -2.46. The number of hydrogen-bond acceptors (Lipinski definition) is 4. The van der Waals surface area contributed by atoms with E-state index in [0.717, 1.165) is 49.3 Å².